The van der Waals surface area contributed by atoms with Crippen molar-refractivity contribution >= 4 is 29.2 Å². The highest BCUT2D eigenvalue weighted by molar-refractivity contribution is 6.31. The van der Waals surface area contributed by atoms with Crippen LogP contribution in [-0.2, 0) is 26.9 Å². The molecule has 4 nitrogen and oxygen atoms in total. The molecule has 0 radical (unpaired) electrons. The summed E-state index contributed by atoms with van der Waals surface area (Å²) in [6.07, 6.45) is -4.93. The molecule has 0 heterocycles. The fourth-order valence-electron chi connectivity index (χ4n) is 1.99. The lowest BCUT2D eigenvalue weighted by atomic mass is 10.1. The first-order valence-electron chi connectivity index (χ1n) is 7.22. The zero-order chi connectivity index (χ0) is 19.3. The van der Waals surface area contributed by atoms with E-state index in [1.807, 2.05) is 0 Å². The SMILES string of the molecule is O=C(COC(=O)Cc1cccc(C(F)(F)F)c1)Nc1ccc(F)c(Cl)c1. The highest BCUT2D eigenvalue weighted by Crippen LogP contribution is 2.29. The van der Waals surface area contributed by atoms with Crippen molar-refractivity contribution in [2.24, 2.45) is 0 Å². The van der Waals surface area contributed by atoms with Gasteiger partial charge in [-0.15, -0.1) is 0 Å². The van der Waals surface area contributed by atoms with Crippen LogP contribution in [0.4, 0.5) is 23.2 Å². The summed E-state index contributed by atoms with van der Waals surface area (Å²) in [7, 11) is 0. The largest absolute Gasteiger partial charge is 0.455 e. The van der Waals surface area contributed by atoms with Crippen LogP contribution in [0.5, 0.6) is 0 Å². The van der Waals surface area contributed by atoms with E-state index in [2.05, 4.69) is 5.32 Å². The first-order valence-corrected chi connectivity index (χ1v) is 7.59. The lowest BCUT2D eigenvalue weighted by Gasteiger charge is -2.09. The summed E-state index contributed by atoms with van der Waals surface area (Å²) in [5.74, 6) is -2.22. The van der Waals surface area contributed by atoms with Gasteiger partial charge in [-0.2, -0.15) is 13.2 Å². The first-order chi connectivity index (χ1) is 12.1. The average molecular weight is 390 g/mol. The molecule has 0 bridgehead atoms. The van der Waals surface area contributed by atoms with Crippen LogP contribution in [0, 0.1) is 5.82 Å². The molecule has 2 aromatic carbocycles. The Bertz CT molecular complexity index is 824. The van der Waals surface area contributed by atoms with E-state index in [9.17, 15) is 27.2 Å². The van der Waals surface area contributed by atoms with Crippen molar-refractivity contribution in [3.05, 3.63) is 64.4 Å². The quantitative estimate of drug-likeness (QED) is 0.615. The summed E-state index contributed by atoms with van der Waals surface area (Å²) in [6, 6.07) is 7.74. The van der Waals surface area contributed by atoms with Crippen molar-refractivity contribution in [1.82, 2.24) is 0 Å². The van der Waals surface area contributed by atoms with Gasteiger partial charge in [0.05, 0.1) is 17.0 Å². The van der Waals surface area contributed by atoms with E-state index < -0.39 is 42.5 Å². The second-order valence-electron chi connectivity index (χ2n) is 5.21. The van der Waals surface area contributed by atoms with E-state index in [4.69, 9.17) is 16.3 Å². The summed E-state index contributed by atoms with van der Waals surface area (Å²) >= 11 is 5.57. The number of rotatable bonds is 5. The van der Waals surface area contributed by atoms with Crippen molar-refractivity contribution in [2.75, 3.05) is 11.9 Å². The molecule has 0 spiro atoms. The van der Waals surface area contributed by atoms with Crippen LogP contribution < -0.4 is 5.32 Å². The summed E-state index contributed by atoms with van der Waals surface area (Å²) in [5.41, 5.74) is -0.570. The van der Waals surface area contributed by atoms with E-state index >= 15 is 0 Å². The van der Waals surface area contributed by atoms with E-state index in [0.717, 1.165) is 18.2 Å². The Morgan fingerprint density at radius 1 is 1.12 bits per heavy atom. The molecule has 1 amide bonds. The number of hydrogen-bond donors (Lipinski definition) is 1. The van der Waals surface area contributed by atoms with Crippen molar-refractivity contribution in [3.63, 3.8) is 0 Å². The number of ether oxygens (including phenoxy) is 1. The standard InChI is InChI=1S/C17H12ClF4NO3/c18-13-8-12(4-5-14(13)19)23-15(24)9-26-16(25)7-10-2-1-3-11(6-10)17(20,21)22/h1-6,8H,7,9H2,(H,23,24). The number of alkyl halides is 3. The minimum absolute atomic E-state index is 0.107. The lowest BCUT2D eigenvalue weighted by molar-refractivity contribution is -0.146. The van der Waals surface area contributed by atoms with Gasteiger partial charge in [-0.3, -0.25) is 9.59 Å². The minimum atomic E-state index is -4.52. The Labute approximate surface area is 150 Å². The van der Waals surface area contributed by atoms with Crippen LogP contribution in [0.2, 0.25) is 5.02 Å². The smallest absolute Gasteiger partial charge is 0.416 e. The molecule has 9 heteroatoms. The van der Waals surface area contributed by atoms with Crippen LogP contribution in [0.1, 0.15) is 11.1 Å². The normalized spacial score (nSPS) is 11.1. The number of benzene rings is 2. The van der Waals surface area contributed by atoms with Gasteiger partial charge in [0.2, 0.25) is 0 Å². The Morgan fingerprint density at radius 3 is 2.50 bits per heavy atom. The van der Waals surface area contributed by atoms with Crippen molar-refractivity contribution in [2.45, 2.75) is 12.6 Å². The molecule has 0 unspecified atom stereocenters. The van der Waals surface area contributed by atoms with Gasteiger partial charge in [-0.1, -0.05) is 29.8 Å². The Kier molecular flexibility index (Phi) is 6.20. The molecule has 2 rings (SSSR count). The molecule has 0 aliphatic heterocycles. The summed E-state index contributed by atoms with van der Waals surface area (Å²) in [4.78, 5) is 23.4. The third kappa shape index (κ3) is 5.73. The monoisotopic (exact) mass is 389 g/mol. The zero-order valence-corrected chi connectivity index (χ0v) is 13.8. The molecule has 138 valence electrons. The minimum Gasteiger partial charge on any atom is -0.455 e. The maximum atomic E-state index is 13.0. The maximum Gasteiger partial charge on any atom is 0.416 e. The van der Waals surface area contributed by atoms with Gasteiger partial charge < -0.3 is 10.1 Å². The predicted octanol–water partition coefficient (Wildman–Crippen LogP) is 4.22. The second-order valence-corrected chi connectivity index (χ2v) is 5.62. The highest BCUT2D eigenvalue weighted by Gasteiger charge is 2.30. The first kappa shape index (κ1) is 19.7. The maximum absolute atomic E-state index is 13.0. The van der Waals surface area contributed by atoms with Crippen molar-refractivity contribution < 1.29 is 31.9 Å². The van der Waals surface area contributed by atoms with Gasteiger partial charge >= 0.3 is 12.1 Å². The Hall–Kier alpha value is -2.61. The van der Waals surface area contributed by atoms with Gasteiger partial charge in [-0.25, -0.2) is 4.39 Å². The van der Waals surface area contributed by atoms with E-state index in [1.54, 1.807) is 0 Å². The molecule has 0 aromatic heterocycles. The zero-order valence-electron chi connectivity index (χ0n) is 13.1. The number of carbonyl (C=O) groups is 2. The molecule has 0 atom stereocenters. The highest BCUT2D eigenvalue weighted by atomic mass is 35.5. The van der Waals surface area contributed by atoms with Crippen LogP contribution >= 0.6 is 11.6 Å². The molecule has 0 saturated carbocycles. The number of esters is 1. The van der Waals surface area contributed by atoms with E-state index in [1.165, 1.54) is 24.3 Å². The number of anilines is 1. The van der Waals surface area contributed by atoms with Gasteiger partial charge in [-0.05, 0) is 29.8 Å². The fraction of sp³-hybridized carbons (Fsp3) is 0.176. The van der Waals surface area contributed by atoms with Crippen LogP contribution in [0.15, 0.2) is 42.5 Å². The fourth-order valence-corrected chi connectivity index (χ4v) is 2.17. The summed E-state index contributed by atoms with van der Waals surface area (Å²) in [5, 5.41) is 2.15. The van der Waals surface area contributed by atoms with Gasteiger partial charge in [0, 0.05) is 5.69 Å². The Balaban J connectivity index is 1.86. The number of nitrogens with one attached hydrogen (secondary N) is 1. The summed E-state index contributed by atoms with van der Waals surface area (Å²) in [6.45, 7) is -0.646. The van der Waals surface area contributed by atoms with Gasteiger partial charge in [0.25, 0.3) is 5.91 Å². The third-order valence-electron chi connectivity index (χ3n) is 3.17. The topological polar surface area (TPSA) is 55.4 Å². The molecule has 2 aromatic rings. The predicted molar refractivity (Wildman–Crippen MR) is 86.1 cm³/mol. The van der Waals surface area contributed by atoms with E-state index in [0.29, 0.717) is 0 Å². The van der Waals surface area contributed by atoms with Crippen molar-refractivity contribution in [1.29, 1.82) is 0 Å². The van der Waals surface area contributed by atoms with Gasteiger partial charge in [0.1, 0.15) is 5.82 Å². The second kappa shape index (κ2) is 8.18. The number of hydrogen-bond acceptors (Lipinski definition) is 3. The molecule has 0 aliphatic rings. The molecule has 26 heavy (non-hydrogen) atoms. The molecule has 0 aliphatic carbocycles. The summed E-state index contributed by atoms with van der Waals surface area (Å²) < 4.78 is 55.6. The Morgan fingerprint density at radius 2 is 1.85 bits per heavy atom. The number of carbonyl (C=O) groups excluding carboxylic acids is 2. The number of halogens is 5. The van der Waals surface area contributed by atoms with Crippen LogP contribution in [-0.4, -0.2) is 18.5 Å². The molecule has 0 fully saturated rings. The lowest BCUT2D eigenvalue weighted by Crippen LogP contribution is -2.21. The van der Waals surface area contributed by atoms with Crippen molar-refractivity contribution in [3.8, 4) is 0 Å². The van der Waals surface area contributed by atoms with E-state index in [-0.39, 0.29) is 16.3 Å². The van der Waals surface area contributed by atoms with Crippen LogP contribution in [0.3, 0.4) is 0 Å². The molecular weight excluding hydrogens is 378 g/mol. The number of amides is 1. The van der Waals surface area contributed by atoms with Gasteiger partial charge in [0.15, 0.2) is 6.61 Å². The average Bonchev–Trinajstić information content (AvgIpc) is 2.56. The molecule has 1 N–H and O–H groups in total. The molecular formula is C17H12ClF4NO3. The molecule has 0 saturated heterocycles. The third-order valence-corrected chi connectivity index (χ3v) is 3.46. The van der Waals surface area contributed by atoms with Crippen LogP contribution in [0.25, 0.3) is 0 Å².